The van der Waals surface area contributed by atoms with Crippen LogP contribution in [0.4, 0.5) is 0 Å². The largest absolute Gasteiger partial charge is 0.489 e. The second-order valence-corrected chi connectivity index (χ2v) is 7.81. The van der Waals surface area contributed by atoms with Crippen molar-refractivity contribution >= 4 is 17.6 Å². The molecule has 1 aliphatic heterocycles. The number of pyridine rings is 1. The lowest BCUT2D eigenvalue weighted by molar-refractivity contribution is -0.168. The van der Waals surface area contributed by atoms with Gasteiger partial charge in [-0.25, -0.2) is 4.79 Å². The fourth-order valence-corrected chi connectivity index (χ4v) is 3.43. The summed E-state index contributed by atoms with van der Waals surface area (Å²) in [6.45, 7) is 4.25. The van der Waals surface area contributed by atoms with E-state index < -0.39 is 17.7 Å². The summed E-state index contributed by atoms with van der Waals surface area (Å²) in [4.78, 5) is 16.7. The Morgan fingerprint density at radius 1 is 1.35 bits per heavy atom. The number of aliphatic hydroxyl groups is 1. The second-order valence-electron chi connectivity index (χ2n) is 7.37. The van der Waals surface area contributed by atoms with Gasteiger partial charge in [0.05, 0.1) is 17.8 Å². The molecule has 3 atom stereocenters. The summed E-state index contributed by atoms with van der Waals surface area (Å²) in [7, 11) is 0. The number of carbonyl (C=O) groups excluding carboxylic acids is 1. The molecule has 0 aliphatic carbocycles. The number of nitrogens with zero attached hydrogens (tertiary/aromatic N) is 1. The lowest BCUT2D eigenvalue weighted by Crippen LogP contribution is -2.56. The van der Waals surface area contributed by atoms with Crippen LogP contribution in [-0.2, 0) is 9.53 Å². The summed E-state index contributed by atoms with van der Waals surface area (Å²) >= 11 is 5.87. The van der Waals surface area contributed by atoms with Crippen molar-refractivity contribution in [2.24, 2.45) is 0 Å². The van der Waals surface area contributed by atoms with Crippen molar-refractivity contribution in [3.8, 4) is 17.2 Å². The van der Waals surface area contributed by atoms with Crippen LogP contribution < -0.4 is 19.5 Å². The Balaban J connectivity index is 1.55. The number of benzene rings is 1. The van der Waals surface area contributed by atoms with E-state index in [0.29, 0.717) is 28.7 Å². The first-order valence-corrected chi connectivity index (χ1v) is 10.5. The topological polar surface area (TPSA) is 99.1 Å². The molecule has 8 nitrogen and oxygen atoms in total. The summed E-state index contributed by atoms with van der Waals surface area (Å²) in [5.74, 6) is 1.09. The average molecular weight is 451 g/mol. The monoisotopic (exact) mass is 450 g/mol. The number of halogens is 1. The van der Waals surface area contributed by atoms with E-state index in [4.69, 9.17) is 30.5 Å². The van der Waals surface area contributed by atoms with Crippen LogP contribution in [0.3, 0.4) is 0 Å². The Labute approximate surface area is 186 Å². The molecular weight excluding hydrogens is 424 g/mol. The maximum absolute atomic E-state index is 12.7. The average Bonchev–Trinajstić information content (AvgIpc) is 2.76. The number of ether oxygens (including phenoxy) is 4. The van der Waals surface area contributed by atoms with Gasteiger partial charge in [0.2, 0.25) is 5.60 Å². The van der Waals surface area contributed by atoms with Crippen molar-refractivity contribution in [3.05, 3.63) is 47.7 Å². The minimum absolute atomic E-state index is 0.0439. The zero-order valence-corrected chi connectivity index (χ0v) is 18.3. The third kappa shape index (κ3) is 6.22. The van der Waals surface area contributed by atoms with Gasteiger partial charge in [0.25, 0.3) is 0 Å². The van der Waals surface area contributed by atoms with E-state index in [1.54, 1.807) is 25.1 Å². The summed E-state index contributed by atoms with van der Waals surface area (Å²) < 4.78 is 22.6. The SMILES string of the molecule is CCOC(=O)[C@@]1(C[C@@H](C)NC[C@H](O)COc2cncc(Cl)c2)COc2ccccc2O1. The number of carbonyl (C=O) groups is 1. The molecule has 0 amide bonds. The molecule has 0 unspecified atom stereocenters. The van der Waals surface area contributed by atoms with Crippen LogP contribution in [0.2, 0.25) is 5.02 Å². The van der Waals surface area contributed by atoms with Crippen molar-refractivity contribution in [1.29, 1.82) is 0 Å². The lowest BCUT2D eigenvalue weighted by atomic mass is 9.94. The predicted molar refractivity (Wildman–Crippen MR) is 115 cm³/mol. The van der Waals surface area contributed by atoms with Gasteiger partial charge in [-0.05, 0) is 26.0 Å². The fourth-order valence-electron chi connectivity index (χ4n) is 3.26. The summed E-state index contributed by atoms with van der Waals surface area (Å²) in [5.41, 5.74) is -1.27. The highest BCUT2D eigenvalue weighted by Crippen LogP contribution is 2.37. The first kappa shape index (κ1) is 23.1. The molecule has 3 rings (SSSR count). The highest BCUT2D eigenvalue weighted by molar-refractivity contribution is 6.30. The summed E-state index contributed by atoms with van der Waals surface area (Å²) in [6, 6.07) is 8.65. The van der Waals surface area contributed by atoms with Crippen molar-refractivity contribution in [1.82, 2.24) is 10.3 Å². The predicted octanol–water partition coefficient (Wildman–Crippen LogP) is 2.62. The van der Waals surface area contributed by atoms with E-state index in [0.717, 1.165) is 0 Å². The third-order valence-corrected chi connectivity index (χ3v) is 4.93. The molecule has 1 aromatic carbocycles. The number of rotatable bonds is 10. The van der Waals surface area contributed by atoms with Gasteiger partial charge in [0, 0.05) is 31.3 Å². The van der Waals surface area contributed by atoms with E-state index >= 15 is 0 Å². The molecule has 9 heteroatoms. The number of hydrogen-bond donors (Lipinski definition) is 2. The molecule has 168 valence electrons. The quantitative estimate of drug-likeness (QED) is 0.533. The molecule has 0 radical (unpaired) electrons. The van der Waals surface area contributed by atoms with Crippen molar-refractivity contribution < 1.29 is 28.8 Å². The minimum atomic E-state index is -1.27. The third-order valence-electron chi connectivity index (χ3n) is 4.72. The molecule has 0 saturated heterocycles. The Kier molecular flexibility index (Phi) is 7.95. The molecule has 1 aliphatic rings. The molecule has 2 heterocycles. The van der Waals surface area contributed by atoms with Gasteiger partial charge >= 0.3 is 5.97 Å². The van der Waals surface area contributed by atoms with Crippen LogP contribution in [0.15, 0.2) is 42.7 Å². The molecule has 0 bridgehead atoms. The summed E-state index contributed by atoms with van der Waals surface area (Å²) in [6.07, 6.45) is 2.55. The standard InChI is InChI=1S/C22H27ClN2O6/c1-3-28-21(27)22(14-30-19-6-4-5-7-20(19)31-22)9-15(2)25-11-17(26)13-29-18-8-16(23)10-24-12-18/h4-8,10,12,15,17,25-26H,3,9,11,13-14H2,1-2H3/t15-,17+,22-/m1/s1. The van der Waals surface area contributed by atoms with Gasteiger partial charge in [0.1, 0.15) is 25.1 Å². The molecule has 0 saturated carbocycles. The van der Waals surface area contributed by atoms with Crippen LogP contribution in [-0.4, -0.2) is 60.2 Å². The number of fused-ring (bicyclic) bond motifs is 1. The smallest absolute Gasteiger partial charge is 0.354 e. The molecule has 0 fully saturated rings. The Morgan fingerprint density at radius 3 is 2.87 bits per heavy atom. The number of aliphatic hydroxyl groups excluding tert-OH is 1. The number of aromatic nitrogens is 1. The molecule has 1 aromatic heterocycles. The molecule has 2 aromatic rings. The van der Waals surface area contributed by atoms with Gasteiger partial charge in [-0.15, -0.1) is 0 Å². The van der Waals surface area contributed by atoms with Crippen LogP contribution in [0.5, 0.6) is 17.2 Å². The van der Waals surface area contributed by atoms with E-state index in [-0.39, 0.29) is 32.4 Å². The fraction of sp³-hybridized carbons (Fsp3) is 0.455. The van der Waals surface area contributed by atoms with Gasteiger partial charge in [0.15, 0.2) is 11.5 Å². The van der Waals surface area contributed by atoms with E-state index in [1.807, 2.05) is 19.1 Å². The minimum Gasteiger partial charge on any atom is -0.489 e. The molecule has 31 heavy (non-hydrogen) atoms. The summed E-state index contributed by atoms with van der Waals surface area (Å²) in [5, 5.41) is 13.9. The van der Waals surface area contributed by atoms with Crippen LogP contribution in [0.25, 0.3) is 0 Å². The zero-order valence-electron chi connectivity index (χ0n) is 17.5. The number of para-hydroxylation sites is 2. The maximum Gasteiger partial charge on any atom is 0.354 e. The molecule has 0 spiro atoms. The Bertz CT molecular complexity index is 883. The maximum atomic E-state index is 12.7. The van der Waals surface area contributed by atoms with Gasteiger partial charge in [-0.3, -0.25) is 4.98 Å². The van der Waals surface area contributed by atoms with Crippen molar-refractivity contribution in [3.63, 3.8) is 0 Å². The van der Waals surface area contributed by atoms with Crippen molar-refractivity contribution in [2.75, 3.05) is 26.4 Å². The lowest BCUT2D eigenvalue weighted by Gasteiger charge is -2.37. The first-order chi connectivity index (χ1) is 14.9. The van der Waals surface area contributed by atoms with Crippen molar-refractivity contribution in [2.45, 2.75) is 38.0 Å². The van der Waals surface area contributed by atoms with E-state index in [1.165, 1.54) is 12.4 Å². The number of hydrogen-bond acceptors (Lipinski definition) is 8. The normalized spacial score (nSPS) is 19.4. The van der Waals surface area contributed by atoms with E-state index in [9.17, 15) is 9.90 Å². The van der Waals surface area contributed by atoms with E-state index in [2.05, 4.69) is 10.3 Å². The van der Waals surface area contributed by atoms with Crippen LogP contribution in [0.1, 0.15) is 20.3 Å². The Hall–Kier alpha value is -2.55. The van der Waals surface area contributed by atoms with Gasteiger partial charge in [-0.2, -0.15) is 0 Å². The highest BCUT2D eigenvalue weighted by Gasteiger charge is 2.47. The number of nitrogens with one attached hydrogen (secondary N) is 1. The zero-order chi connectivity index (χ0) is 22.3. The Morgan fingerprint density at radius 2 is 2.13 bits per heavy atom. The van der Waals surface area contributed by atoms with Gasteiger partial charge < -0.3 is 29.4 Å². The van der Waals surface area contributed by atoms with Crippen LogP contribution >= 0.6 is 11.6 Å². The van der Waals surface area contributed by atoms with Crippen LogP contribution in [0, 0.1) is 0 Å². The highest BCUT2D eigenvalue weighted by atomic mass is 35.5. The second kappa shape index (κ2) is 10.7. The van der Waals surface area contributed by atoms with Gasteiger partial charge in [-0.1, -0.05) is 23.7 Å². The molecular formula is C22H27ClN2O6. The number of esters is 1. The molecule has 2 N–H and O–H groups in total. The first-order valence-electron chi connectivity index (χ1n) is 10.1.